The summed E-state index contributed by atoms with van der Waals surface area (Å²) in [6.45, 7) is 8.43. The van der Waals surface area contributed by atoms with E-state index < -0.39 is 69.6 Å². The Balaban J connectivity index is 2.14. The number of ether oxygens (including phenoxy) is 1. The average Bonchev–Trinajstić information content (AvgIpc) is 3.15. The Bertz CT molecular complexity index is 990. The fourth-order valence-corrected chi connectivity index (χ4v) is 8.60. The minimum absolute atomic E-state index is 0.114. The molecule has 222 valence electrons. The molecule has 39 heavy (non-hydrogen) atoms. The molecule has 4 atom stereocenters. The van der Waals surface area contributed by atoms with Gasteiger partial charge in [-0.15, -0.1) is 0 Å². The Morgan fingerprint density at radius 3 is 2.03 bits per heavy atom. The molecule has 0 bridgehead atoms. The average molecular weight is 598 g/mol. The maximum absolute atomic E-state index is 13.5. The summed E-state index contributed by atoms with van der Waals surface area (Å²) < 4.78 is 53.4. The largest absolute Gasteiger partial charge is 0.387 e. The summed E-state index contributed by atoms with van der Waals surface area (Å²) >= 11 is 0. The van der Waals surface area contributed by atoms with Crippen molar-refractivity contribution >= 4 is 33.0 Å². The number of carbonyl (C=O) groups is 3. The predicted octanol–water partition coefficient (Wildman–Crippen LogP) is 0.534. The Labute approximate surface area is 226 Å². The molecule has 1 fully saturated rings. The summed E-state index contributed by atoms with van der Waals surface area (Å²) in [5.41, 5.74) is -1.56. The predicted molar refractivity (Wildman–Crippen MR) is 136 cm³/mol. The topological polar surface area (TPSA) is 211 Å². The van der Waals surface area contributed by atoms with Crippen molar-refractivity contribution < 1.29 is 56.6 Å². The monoisotopic (exact) mass is 598 g/mol. The highest BCUT2D eigenvalue weighted by molar-refractivity contribution is 7.72. The van der Waals surface area contributed by atoms with Crippen LogP contribution in [0.2, 0.25) is 0 Å². The molecule has 5 N–H and O–H groups in total. The molecular formula is C21H36N4O12P2. The third kappa shape index (κ3) is 7.97. The van der Waals surface area contributed by atoms with Crippen LogP contribution in [-0.2, 0) is 41.6 Å². The van der Waals surface area contributed by atoms with Crippen molar-refractivity contribution in [3.05, 3.63) is 24.6 Å². The Kier molecular flexibility index (Phi) is 12.3. The molecule has 0 saturated carbocycles. The number of rotatable bonds is 15. The molecule has 16 nitrogen and oxygen atoms in total. The van der Waals surface area contributed by atoms with Crippen molar-refractivity contribution in [1.29, 1.82) is 0 Å². The molecule has 2 rings (SSSR count). The Morgan fingerprint density at radius 1 is 1.05 bits per heavy atom. The third-order valence-corrected chi connectivity index (χ3v) is 10.9. The molecule has 2 aliphatic rings. The smallest absolute Gasteiger partial charge is 0.365 e. The maximum Gasteiger partial charge on any atom is 0.365 e. The molecule has 2 aliphatic heterocycles. The molecule has 0 aliphatic carbocycles. The van der Waals surface area contributed by atoms with Crippen LogP contribution in [0.25, 0.3) is 0 Å². The van der Waals surface area contributed by atoms with Crippen molar-refractivity contribution in [2.24, 2.45) is 0 Å². The van der Waals surface area contributed by atoms with Crippen molar-refractivity contribution in [3.8, 4) is 0 Å². The summed E-state index contributed by atoms with van der Waals surface area (Å²) in [6, 6.07) is -0.703. The second kappa shape index (κ2) is 14.5. The van der Waals surface area contributed by atoms with E-state index in [1.165, 1.54) is 40.0 Å². The molecule has 0 aromatic rings. The first-order chi connectivity index (χ1) is 18.4. The van der Waals surface area contributed by atoms with Gasteiger partial charge < -0.3 is 49.0 Å². The van der Waals surface area contributed by atoms with Gasteiger partial charge in [0.05, 0.1) is 33.0 Å². The van der Waals surface area contributed by atoms with E-state index in [9.17, 15) is 33.7 Å². The molecule has 18 heteroatoms. The number of amides is 4. The number of allylic oxidation sites excluding steroid dienone is 1. The number of hydrogen-bond donors (Lipinski definition) is 5. The van der Waals surface area contributed by atoms with E-state index in [0.717, 1.165) is 4.90 Å². The van der Waals surface area contributed by atoms with Crippen molar-refractivity contribution in [2.45, 2.75) is 57.8 Å². The van der Waals surface area contributed by atoms with Gasteiger partial charge in [0.1, 0.15) is 12.2 Å². The first-order valence-electron chi connectivity index (χ1n) is 12.2. The zero-order valence-corrected chi connectivity index (χ0v) is 23.9. The van der Waals surface area contributed by atoms with Crippen LogP contribution in [0.3, 0.4) is 0 Å². The van der Waals surface area contributed by atoms with Crippen LogP contribution in [0.15, 0.2) is 24.6 Å². The first-order valence-corrected chi connectivity index (χ1v) is 15.4. The highest BCUT2D eigenvalue weighted by atomic mass is 31.2. The maximum atomic E-state index is 13.5. The molecule has 2 heterocycles. The Morgan fingerprint density at radius 2 is 1.56 bits per heavy atom. The normalized spacial score (nSPS) is 23.7. The van der Waals surface area contributed by atoms with Gasteiger partial charge in [-0.2, -0.15) is 0 Å². The number of urea groups is 1. The highest BCUT2D eigenvalue weighted by Crippen LogP contribution is 2.69. The fraction of sp³-hybridized carbons (Fsp3) is 0.667. The molecule has 0 aromatic carbocycles. The van der Waals surface area contributed by atoms with Crippen molar-refractivity contribution in [1.82, 2.24) is 20.9 Å². The van der Waals surface area contributed by atoms with E-state index in [-0.39, 0.29) is 26.4 Å². The minimum Gasteiger partial charge on any atom is -0.387 e. The van der Waals surface area contributed by atoms with E-state index in [1.807, 2.05) is 0 Å². The van der Waals surface area contributed by atoms with E-state index in [1.54, 1.807) is 0 Å². The molecule has 1 saturated heterocycles. The summed E-state index contributed by atoms with van der Waals surface area (Å²) in [5, 5.41) is 27.6. The third-order valence-electron chi connectivity index (χ3n) is 5.26. The van der Waals surface area contributed by atoms with Gasteiger partial charge in [-0.1, -0.05) is 6.58 Å². The number of hydrogen-bond acceptors (Lipinski definition) is 12. The van der Waals surface area contributed by atoms with Crippen molar-refractivity contribution in [2.75, 3.05) is 33.0 Å². The number of nitrogens with one attached hydrogen (secondary N) is 3. The van der Waals surface area contributed by atoms with Crippen molar-refractivity contribution in [3.63, 3.8) is 0 Å². The number of nitrogens with zero attached hydrogens (tertiary/aromatic N) is 1. The van der Waals surface area contributed by atoms with Gasteiger partial charge in [0, 0.05) is 11.9 Å². The van der Waals surface area contributed by atoms with Crippen LogP contribution in [-0.4, -0.2) is 96.0 Å². The van der Waals surface area contributed by atoms with Crippen LogP contribution < -0.4 is 16.0 Å². The number of carbonyl (C=O) groups excluding carboxylic acids is 3. The SMILES string of the molecule is C=C1C=CN([C@@H]2O[C@H](C(=O)NCC(=O)NC(P(=O)(OCC)OCC)P(=O)(OCC)OCC)[C@@H](O)[C@H]2O)C(=O)N1. The lowest BCUT2D eigenvalue weighted by Crippen LogP contribution is -2.49. The molecular weight excluding hydrogens is 562 g/mol. The lowest BCUT2D eigenvalue weighted by molar-refractivity contribution is -0.139. The van der Waals surface area contributed by atoms with Crippen LogP contribution >= 0.6 is 15.2 Å². The molecule has 0 aromatic heterocycles. The van der Waals surface area contributed by atoms with Gasteiger partial charge >= 0.3 is 21.2 Å². The minimum atomic E-state index is -4.30. The van der Waals surface area contributed by atoms with E-state index >= 15 is 0 Å². The number of aliphatic hydroxyl groups is 2. The van der Waals surface area contributed by atoms with Gasteiger partial charge in [-0.3, -0.25) is 23.6 Å². The van der Waals surface area contributed by atoms with E-state index in [4.69, 9.17) is 22.8 Å². The molecule has 0 unspecified atom stereocenters. The summed E-state index contributed by atoms with van der Waals surface area (Å²) in [5.74, 6) is -1.98. The summed E-state index contributed by atoms with van der Waals surface area (Å²) in [4.78, 5) is 38.6. The van der Waals surface area contributed by atoms with Gasteiger partial charge in [0.2, 0.25) is 11.4 Å². The zero-order valence-electron chi connectivity index (χ0n) is 22.1. The van der Waals surface area contributed by atoms with Crippen LogP contribution in [0.5, 0.6) is 0 Å². The van der Waals surface area contributed by atoms with Crippen LogP contribution in [0, 0.1) is 0 Å². The molecule has 0 spiro atoms. The molecule has 0 radical (unpaired) electrons. The lowest BCUT2D eigenvalue weighted by atomic mass is 10.1. The first kappa shape index (κ1) is 33.1. The summed E-state index contributed by atoms with van der Waals surface area (Å²) in [6.07, 6.45) is -3.79. The standard InChI is InChI=1S/C21H36N4O12P2/c1-6-33-38(31,34-7-2)21(39(32,35-8-3)36-9-4)24-14(26)12-22-18(29)17-15(27)16(28)19(37-17)25-11-10-13(5)23-20(25)30/h10-11,15-17,19,21,27-28H,5-9,12H2,1-4H3,(H,22,29)(H,23,30)(H,24,26)/t15-,16+,17-,19+/m0/s1. The fourth-order valence-electron chi connectivity index (χ4n) is 3.66. The Hall–Kier alpha value is -2.13. The van der Waals surface area contributed by atoms with Gasteiger partial charge in [-0.25, -0.2) is 4.79 Å². The van der Waals surface area contributed by atoms with E-state index in [2.05, 4.69) is 22.5 Å². The quantitative estimate of drug-likeness (QED) is 0.164. The lowest BCUT2D eigenvalue weighted by Gasteiger charge is -2.31. The zero-order chi connectivity index (χ0) is 29.4. The number of aliphatic hydroxyl groups excluding tert-OH is 2. The van der Waals surface area contributed by atoms with Gasteiger partial charge in [0.15, 0.2) is 12.3 Å². The van der Waals surface area contributed by atoms with Crippen LogP contribution in [0.1, 0.15) is 27.7 Å². The second-order valence-corrected chi connectivity index (χ2v) is 12.6. The van der Waals surface area contributed by atoms with E-state index in [0.29, 0.717) is 5.70 Å². The van der Waals surface area contributed by atoms with Crippen LogP contribution in [0.4, 0.5) is 4.79 Å². The van der Waals surface area contributed by atoms with Gasteiger partial charge in [-0.05, 0) is 33.8 Å². The highest BCUT2D eigenvalue weighted by Gasteiger charge is 2.53. The summed E-state index contributed by atoms with van der Waals surface area (Å²) in [7, 11) is -8.59. The van der Waals surface area contributed by atoms with Gasteiger partial charge in [0.25, 0.3) is 5.91 Å². The molecule has 4 amide bonds. The second-order valence-electron chi connectivity index (χ2n) is 8.02.